The molecule has 1 aliphatic heterocycles. The number of carboxylic acids is 2. The molecule has 1 aromatic heterocycles. The molecule has 9 nitrogen and oxygen atoms in total. The van der Waals surface area contributed by atoms with Gasteiger partial charge in [0, 0.05) is 16.1 Å². The van der Waals surface area contributed by atoms with E-state index in [4.69, 9.17) is 9.84 Å². The summed E-state index contributed by atoms with van der Waals surface area (Å²) >= 11 is 0.985. The highest BCUT2D eigenvalue weighted by Crippen LogP contribution is 2.42. The third-order valence-electron chi connectivity index (χ3n) is 6.28. The van der Waals surface area contributed by atoms with Crippen LogP contribution in [0.1, 0.15) is 28.1 Å². The summed E-state index contributed by atoms with van der Waals surface area (Å²) in [5.41, 5.74) is 1.76. The van der Waals surface area contributed by atoms with Crippen LogP contribution in [0, 0.1) is 12.8 Å². The van der Waals surface area contributed by atoms with Gasteiger partial charge in [0.15, 0.2) is 21.3 Å². The van der Waals surface area contributed by atoms with Gasteiger partial charge in [-0.2, -0.15) is 0 Å². The number of thiophene rings is 1. The van der Waals surface area contributed by atoms with Gasteiger partial charge >= 0.3 is 11.9 Å². The normalized spacial score (nSPS) is 15.2. The van der Waals surface area contributed by atoms with Crippen LogP contribution in [0.15, 0.2) is 59.5 Å². The molecule has 1 aliphatic rings. The maximum atomic E-state index is 13.7. The van der Waals surface area contributed by atoms with Crippen molar-refractivity contribution in [2.45, 2.75) is 30.0 Å². The lowest BCUT2D eigenvalue weighted by molar-refractivity contribution is -0.139. The van der Waals surface area contributed by atoms with Crippen molar-refractivity contribution < 1.29 is 33.0 Å². The molecule has 0 spiro atoms. The predicted octanol–water partition coefficient (Wildman–Crippen LogP) is 4.10. The first-order chi connectivity index (χ1) is 17.7. The fourth-order valence-electron chi connectivity index (χ4n) is 4.49. The molecular weight excluding hydrogens is 516 g/mol. The van der Waals surface area contributed by atoms with E-state index in [0.717, 1.165) is 24.4 Å². The summed E-state index contributed by atoms with van der Waals surface area (Å²) in [4.78, 5) is 23.5. The van der Waals surface area contributed by atoms with E-state index in [1.54, 1.807) is 61.5 Å². The van der Waals surface area contributed by atoms with Crippen molar-refractivity contribution in [1.29, 1.82) is 0 Å². The fourth-order valence-corrected chi connectivity index (χ4v) is 7.48. The molecule has 4 N–H and O–H groups in total. The van der Waals surface area contributed by atoms with Gasteiger partial charge in [0.05, 0.1) is 4.90 Å². The Hall–Kier alpha value is -3.41. The average molecular weight is 545 g/mol. The van der Waals surface area contributed by atoms with E-state index in [9.17, 15) is 23.1 Å². The summed E-state index contributed by atoms with van der Waals surface area (Å²) < 4.78 is 32.7. The van der Waals surface area contributed by atoms with Gasteiger partial charge in [-0.1, -0.05) is 30.3 Å². The molecule has 2 aromatic carbocycles. The van der Waals surface area contributed by atoms with E-state index in [0.29, 0.717) is 34.5 Å². The minimum Gasteiger partial charge on any atom is -0.480 e. The largest absolute Gasteiger partial charge is 0.480 e. The Morgan fingerprint density at radius 3 is 2.46 bits per heavy atom. The molecule has 1 atom stereocenters. The van der Waals surface area contributed by atoms with Gasteiger partial charge in [0.1, 0.15) is 11.1 Å². The Balaban J connectivity index is 1.70. The Morgan fingerprint density at radius 1 is 1.11 bits per heavy atom. The molecular formula is C26H28N2O7S2. The minimum atomic E-state index is -3.70. The van der Waals surface area contributed by atoms with Gasteiger partial charge in [-0.25, -0.2) is 18.0 Å². The van der Waals surface area contributed by atoms with Gasteiger partial charge in [0.2, 0.25) is 0 Å². The molecule has 4 rings (SSSR count). The third-order valence-corrected chi connectivity index (χ3v) is 9.69. The zero-order valence-electron chi connectivity index (χ0n) is 20.1. The maximum absolute atomic E-state index is 13.7. The van der Waals surface area contributed by atoms with Crippen molar-refractivity contribution >= 4 is 38.8 Å². The topological polar surface area (TPSA) is 142 Å². The second kappa shape index (κ2) is 11.3. The molecule has 37 heavy (non-hydrogen) atoms. The van der Waals surface area contributed by atoms with Crippen LogP contribution in [0.2, 0.25) is 0 Å². The summed E-state index contributed by atoms with van der Waals surface area (Å²) in [6.45, 7) is 2.48. The van der Waals surface area contributed by atoms with Gasteiger partial charge in [-0.15, -0.1) is 11.3 Å². The molecule has 11 heteroatoms. The van der Waals surface area contributed by atoms with Gasteiger partial charge in [-0.3, -0.25) is 0 Å². The van der Waals surface area contributed by atoms with Crippen LogP contribution < -0.4 is 15.4 Å². The molecule has 1 fully saturated rings. The smallest absolute Gasteiger partial charge is 0.349 e. The van der Waals surface area contributed by atoms with Crippen molar-refractivity contribution in [3.8, 4) is 16.2 Å². The van der Waals surface area contributed by atoms with Gasteiger partial charge in [0.25, 0.3) is 0 Å². The van der Waals surface area contributed by atoms with E-state index < -0.39 is 33.8 Å². The number of sulfone groups is 1. The minimum absolute atomic E-state index is 0.0208. The van der Waals surface area contributed by atoms with Crippen LogP contribution >= 0.6 is 11.3 Å². The average Bonchev–Trinajstić information content (AvgIpc) is 3.23. The molecule has 1 unspecified atom stereocenters. The first-order valence-corrected chi connectivity index (χ1v) is 14.1. The number of carbonyl (C=O) groups is 2. The molecule has 0 radical (unpaired) electrons. The van der Waals surface area contributed by atoms with Crippen molar-refractivity contribution in [2.75, 3.05) is 25.0 Å². The lowest BCUT2D eigenvalue weighted by Gasteiger charge is -2.32. The van der Waals surface area contributed by atoms with E-state index in [-0.39, 0.29) is 21.4 Å². The van der Waals surface area contributed by atoms with Crippen LogP contribution in [0.5, 0.6) is 5.75 Å². The maximum Gasteiger partial charge on any atom is 0.349 e. The Bertz CT molecular complexity index is 1380. The van der Waals surface area contributed by atoms with Crippen molar-refractivity contribution in [1.82, 2.24) is 5.32 Å². The molecule has 2 heterocycles. The Kier molecular flexibility index (Phi) is 8.16. The summed E-state index contributed by atoms with van der Waals surface area (Å²) in [5, 5.41) is 24.3. The van der Waals surface area contributed by atoms with Crippen molar-refractivity contribution in [3.63, 3.8) is 0 Å². The highest BCUT2D eigenvalue weighted by molar-refractivity contribution is 7.92. The Labute approximate surface area is 219 Å². The van der Waals surface area contributed by atoms with Crippen molar-refractivity contribution in [3.05, 3.63) is 65.0 Å². The molecule has 196 valence electrons. The summed E-state index contributed by atoms with van der Waals surface area (Å²) in [6, 6.07) is 15.5. The van der Waals surface area contributed by atoms with Crippen LogP contribution in [0.4, 0.5) is 5.69 Å². The number of nitrogens with one attached hydrogen (secondary N) is 2. The van der Waals surface area contributed by atoms with E-state index >= 15 is 0 Å². The number of piperidine rings is 1. The number of hydrogen-bond donors (Lipinski definition) is 4. The number of benzene rings is 2. The monoisotopic (exact) mass is 544 g/mol. The second-order valence-electron chi connectivity index (χ2n) is 8.79. The summed E-state index contributed by atoms with van der Waals surface area (Å²) in [6.07, 6.45) is 1.42. The number of aliphatic carboxylic acids is 1. The van der Waals surface area contributed by atoms with E-state index in [1.807, 2.05) is 0 Å². The molecule has 0 aliphatic carbocycles. The fraction of sp³-hybridized carbons (Fsp3) is 0.308. The van der Waals surface area contributed by atoms with Crippen LogP contribution in [0.3, 0.4) is 0 Å². The van der Waals surface area contributed by atoms with E-state index in [2.05, 4.69) is 10.6 Å². The SMILES string of the molecule is Cc1c(-c2cccc(NC(C3CCNCC3)S(=O)(=O)c3ccccc3)c2)sc(C(=O)O)c1OCC(=O)O. The summed E-state index contributed by atoms with van der Waals surface area (Å²) in [7, 11) is -3.70. The number of rotatable bonds is 10. The molecule has 3 aromatic rings. The summed E-state index contributed by atoms with van der Waals surface area (Å²) in [5.74, 6) is -2.51. The molecule has 0 saturated carbocycles. The van der Waals surface area contributed by atoms with Crippen LogP contribution in [-0.4, -0.2) is 55.6 Å². The second-order valence-corrected chi connectivity index (χ2v) is 11.9. The third kappa shape index (κ3) is 5.95. The molecule has 0 bridgehead atoms. The molecule has 0 amide bonds. The highest BCUT2D eigenvalue weighted by Gasteiger charge is 2.35. The lowest BCUT2D eigenvalue weighted by Crippen LogP contribution is -2.42. The number of ether oxygens (including phenoxy) is 1. The van der Waals surface area contributed by atoms with Crippen molar-refractivity contribution in [2.24, 2.45) is 5.92 Å². The highest BCUT2D eigenvalue weighted by atomic mass is 32.2. The van der Waals surface area contributed by atoms with Gasteiger partial charge in [-0.05, 0) is 68.6 Å². The molecule has 1 saturated heterocycles. The number of carboxylic acid groups (broad SMARTS) is 2. The first-order valence-electron chi connectivity index (χ1n) is 11.8. The van der Waals surface area contributed by atoms with Crippen LogP contribution in [0.25, 0.3) is 10.4 Å². The predicted molar refractivity (Wildman–Crippen MR) is 141 cm³/mol. The standard InChI is InChI=1S/C26H28N2O7S2/c1-16-22(35-15-21(29)30)24(26(31)32)36-23(16)18-6-5-7-19(14-18)28-25(17-10-12-27-13-11-17)37(33,34)20-8-3-2-4-9-20/h2-9,14,17,25,27-28H,10-13,15H2,1H3,(H,29,30)(H,31,32). The lowest BCUT2D eigenvalue weighted by atomic mass is 9.97. The quantitative estimate of drug-likeness (QED) is 0.297. The van der Waals surface area contributed by atoms with Crippen LogP contribution in [-0.2, 0) is 14.6 Å². The number of hydrogen-bond acceptors (Lipinski definition) is 8. The number of aromatic carboxylic acids is 1. The first kappa shape index (κ1) is 26.6. The zero-order valence-corrected chi connectivity index (χ0v) is 21.8. The van der Waals surface area contributed by atoms with Gasteiger partial charge < -0.3 is 25.6 Å². The Morgan fingerprint density at radius 2 is 1.81 bits per heavy atom. The number of anilines is 1. The zero-order chi connectivity index (χ0) is 26.6. The van der Waals surface area contributed by atoms with E-state index in [1.165, 1.54) is 0 Å².